The van der Waals surface area contributed by atoms with Crippen molar-refractivity contribution < 1.29 is 14.3 Å². The lowest BCUT2D eigenvalue weighted by atomic mass is 9.97. The number of thioether (sulfide) groups is 1. The number of hydrogen-bond donors (Lipinski definition) is 3. The SMILES string of the molecule is N#Cc1c(N)nc(SCc2csc(-c3ccc(Cl)cc3)n2)c(C#N)c1-c1ccc(OCCOC(=O)[C@@H](N)CCCN)cc1. The van der Waals surface area contributed by atoms with E-state index in [0.29, 0.717) is 52.1 Å². The van der Waals surface area contributed by atoms with E-state index in [-0.39, 0.29) is 30.2 Å². The standard InChI is InChI=1S/C30H28ClN7O3S2/c31-20-7-3-19(4-8-20)28-37-21(16-42-28)17-43-29-24(15-34)26(23(14-33)27(36)38-29)18-5-9-22(10-6-18)40-12-13-41-30(39)25(35)2-1-11-32/h3-10,16,25H,1-2,11-13,17,32,35H2,(H2,36,38)/t25-/m0/s1. The maximum atomic E-state index is 11.9. The van der Waals surface area contributed by atoms with Gasteiger partial charge in [-0.15, -0.1) is 11.3 Å². The molecule has 4 rings (SSSR count). The molecule has 2 aromatic carbocycles. The fraction of sp³-hybridized carbons (Fsp3) is 0.233. The van der Waals surface area contributed by atoms with E-state index in [1.54, 1.807) is 24.3 Å². The molecule has 6 N–H and O–H groups in total. The number of carbonyl (C=O) groups is 1. The zero-order valence-electron chi connectivity index (χ0n) is 23.0. The van der Waals surface area contributed by atoms with E-state index in [1.807, 2.05) is 29.6 Å². The van der Waals surface area contributed by atoms with Crippen molar-refractivity contribution in [2.75, 3.05) is 25.5 Å². The van der Waals surface area contributed by atoms with Gasteiger partial charge in [-0.25, -0.2) is 9.97 Å². The molecule has 0 radical (unpaired) electrons. The van der Waals surface area contributed by atoms with Crippen LogP contribution in [0.25, 0.3) is 21.7 Å². The Kier molecular flexibility index (Phi) is 11.3. The molecule has 0 aliphatic rings. The number of anilines is 1. The van der Waals surface area contributed by atoms with E-state index >= 15 is 0 Å². The second-order valence-electron chi connectivity index (χ2n) is 9.17. The van der Waals surface area contributed by atoms with Gasteiger partial charge in [-0.1, -0.05) is 47.6 Å². The van der Waals surface area contributed by atoms with Gasteiger partial charge < -0.3 is 26.7 Å². The van der Waals surface area contributed by atoms with Crippen LogP contribution in [0.1, 0.15) is 29.7 Å². The van der Waals surface area contributed by atoms with E-state index in [4.69, 9.17) is 43.3 Å². The molecular weight excluding hydrogens is 606 g/mol. The van der Waals surface area contributed by atoms with Gasteiger partial charge >= 0.3 is 5.97 Å². The van der Waals surface area contributed by atoms with E-state index in [1.165, 1.54) is 23.1 Å². The average Bonchev–Trinajstić information content (AvgIpc) is 3.50. The molecule has 1 atom stereocenters. The normalized spacial score (nSPS) is 11.4. The van der Waals surface area contributed by atoms with Gasteiger partial charge in [0.25, 0.3) is 0 Å². The topological polar surface area (TPSA) is 187 Å². The number of rotatable bonds is 13. The molecule has 0 spiro atoms. The molecule has 13 heteroatoms. The number of pyridine rings is 1. The smallest absolute Gasteiger partial charge is 0.323 e. The molecule has 0 fully saturated rings. The van der Waals surface area contributed by atoms with Gasteiger partial charge in [0, 0.05) is 27.3 Å². The molecule has 0 saturated carbocycles. The molecule has 0 amide bonds. The highest BCUT2D eigenvalue weighted by molar-refractivity contribution is 7.98. The number of nitrogens with two attached hydrogens (primary N) is 3. The minimum absolute atomic E-state index is 0.0333. The van der Waals surface area contributed by atoms with E-state index < -0.39 is 12.0 Å². The zero-order valence-corrected chi connectivity index (χ0v) is 25.3. The number of esters is 1. The van der Waals surface area contributed by atoms with Crippen LogP contribution < -0.4 is 21.9 Å². The second kappa shape index (κ2) is 15.3. The Hall–Kier alpha value is -4.17. The predicted molar refractivity (Wildman–Crippen MR) is 168 cm³/mol. The lowest BCUT2D eigenvalue weighted by molar-refractivity contribution is -0.146. The maximum Gasteiger partial charge on any atom is 0.323 e. The number of nitrogen functional groups attached to an aromatic ring is 1. The molecule has 4 aromatic rings. The summed E-state index contributed by atoms with van der Waals surface area (Å²) >= 11 is 8.83. The number of aromatic nitrogens is 2. The Labute approximate surface area is 262 Å². The first-order chi connectivity index (χ1) is 20.8. The summed E-state index contributed by atoms with van der Waals surface area (Å²) in [5.74, 6) is 0.499. The van der Waals surface area contributed by atoms with Crippen molar-refractivity contribution >= 4 is 46.5 Å². The maximum absolute atomic E-state index is 11.9. The van der Waals surface area contributed by atoms with E-state index in [2.05, 4.69) is 17.1 Å². The molecule has 2 heterocycles. The Morgan fingerprint density at radius 2 is 1.72 bits per heavy atom. The van der Waals surface area contributed by atoms with Crippen molar-refractivity contribution in [1.82, 2.24) is 9.97 Å². The van der Waals surface area contributed by atoms with Crippen LogP contribution in [0, 0.1) is 22.7 Å². The third kappa shape index (κ3) is 8.23. The summed E-state index contributed by atoms with van der Waals surface area (Å²) in [5.41, 5.74) is 20.5. The lowest BCUT2D eigenvalue weighted by Crippen LogP contribution is -2.33. The van der Waals surface area contributed by atoms with Gasteiger partial charge in [0.1, 0.15) is 58.6 Å². The summed E-state index contributed by atoms with van der Waals surface area (Å²) in [6, 6.07) is 17.9. The molecule has 0 unspecified atom stereocenters. The Balaban J connectivity index is 1.45. The third-order valence-corrected chi connectivity index (χ3v) is 8.38. The van der Waals surface area contributed by atoms with Gasteiger partial charge in [0.05, 0.1) is 11.3 Å². The Bertz CT molecular complexity index is 1650. The number of carbonyl (C=O) groups excluding carboxylic acids is 1. The molecule has 0 saturated heterocycles. The first-order valence-electron chi connectivity index (χ1n) is 13.2. The monoisotopic (exact) mass is 633 g/mol. The Morgan fingerprint density at radius 3 is 2.40 bits per heavy atom. The fourth-order valence-corrected chi connectivity index (χ4v) is 5.96. The molecule has 220 valence electrons. The fourth-order valence-electron chi connectivity index (χ4n) is 4.01. The minimum atomic E-state index is -0.712. The molecule has 0 bridgehead atoms. The number of nitriles is 2. The van der Waals surface area contributed by atoms with Crippen LogP contribution in [-0.2, 0) is 15.3 Å². The number of ether oxygens (including phenoxy) is 2. The van der Waals surface area contributed by atoms with Crippen LogP contribution in [0.15, 0.2) is 58.9 Å². The minimum Gasteiger partial charge on any atom is -0.490 e. The molecule has 10 nitrogen and oxygen atoms in total. The highest BCUT2D eigenvalue weighted by Crippen LogP contribution is 2.37. The van der Waals surface area contributed by atoms with Gasteiger partial charge in [-0.3, -0.25) is 4.79 Å². The third-order valence-electron chi connectivity index (χ3n) is 6.18. The number of benzene rings is 2. The van der Waals surface area contributed by atoms with Crippen molar-refractivity contribution in [1.29, 1.82) is 10.5 Å². The van der Waals surface area contributed by atoms with Gasteiger partial charge in [0.15, 0.2) is 0 Å². The second-order valence-corrected chi connectivity index (χ2v) is 11.4. The van der Waals surface area contributed by atoms with Gasteiger partial charge in [-0.05, 0) is 49.2 Å². The molecular formula is C30H28ClN7O3S2. The predicted octanol–water partition coefficient (Wildman–Crippen LogP) is 5.13. The van der Waals surface area contributed by atoms with Crippen molar-refractivity contribution in [2.24, 2.45) is 11.5 Å². The summed E-state index contributed by atoms with van der Waals surface area (Å²) in [6.45, 7) is 0.619. The number of thiazole rings is 1. The molecule has 43 heavy (non-hydrogen) atoms. The first-order valence-corrected chi connectivity index (χ1v) is 15.4. The van der Waals surface area contributed by atoms with Gasteiger partial charge in [-0.2, -0.15) is 10.5 Å². The van der Waals surface area contributed by atoms with Crippen LogP contribution in [0.5, 0.6) is 5.75 Å². The summed E-state index contributed by atoms with van der Waals surface area (Å²) in [4.78, 5) is 21.0. The molecule has 0 aliphatic carbocycles. The molecule has 0 aliphatic heterocycles. The van der Waals surface area contributed by atoms with Crippen LogP contribution in [-0.4, -0.2) is 41.7 Å². The van der Waals surface area contributed by atoms with Crippen molar-refractivity contribution in [3.05, 3.63) is 75.8 Å². The highest BCUT2D eigenvalue weighted by Gasteiger charge is 2.21. The van der Waals surface area contributed by atoms with Crippen molar-refractivity contribution in [2.45, 2.75) is 29.7 Å². The number of nitrogens with zero attached hydrogens (tertiary/aromatic N) is 4. The summed E-state index contributed by atoms with van der Waals surface area (Å²) in [6.07, 6.45) is 1.10. The summed E-state index contributed by atoms with van der Waals surface area (Å²) in [5, 5.41) is 23.8. The van der Waals surface area contributed by atoms with Crippen LogP contribution in [0.4, 0.5) is 5.82 Å². The van der Waals surface area contributed by atoms with Crippen LogP contribution in [0.3, 0.4) is 0 Å². The quantitative estimate of drug-likeness (QED) is 0.101. The summed E-state index contributed by atoms with van der Waals surface area (Å²) < 4.78 is 10.8. The summed E-state index contributed by atoms with van der Waals surface area (Å²) in [7, 11) is 0. The van der Waals surface area contributed by atoms with Crippen molar-refractivity contribution in [3.8, 4) is 39.6 Å². The van der Waals surface area contributed by atoms with Crippen LogP contribution in [0.2, 0.25) is 5.02 Å². The van der Waals surface area contributed by atoms with Gasteiger partial charge in [0.2, 0.25) is 0 Å². The van der Waals surface area contributed by atoms with Crippen LogP contribution >= 0.6 is 34.7 Å². The van der Waals surface area contributed by atoms with E-state index in [0.717, 1.165) is 16.3 Å². The first kappa shape index (κ1) is 31.8. The number of halogens is 1. The van der Waals surface area contributed by atoms with Crippen molar-refractivity contribution in [3.63, 3.8) is 0 Å². The van der Waals surface area contributed by atoms with E-state index in [9.17, 15) is 15.3 Å². The molecule has 2 aromatic heterocycles. The highest BCUT2D eigenvalue weighted by atomic mass is 35.5. The Morgan fingerprint density at radius 1 is 1.02 bits per heavy atom. The lowest BCUT2D eigenvalue weighted by Gasteiger charge is -2.14. The largest absolute Gasteiger partial charge is 0.490 e. The average molecular weight is 634 g/mol. The zero-order chi connectivity index (χ0) is 30.8. The number of hydrogen-bond acceptors (Lipinski definition) is 12.